The molecule has 2 aromatic rings. The molecule has 0 saturated heterocycles. The van der Waals surface area contributed by atoms with Crippen LogP contribution in [-0.2, 0) is 0 Å². The highest BCUT2D eigenvalue weighted by molar-refractivity contribution is 5.66. The van der Waals surface area contributed by atoms with E-state index in [1.165, 1.54) is 62.1 Å². The van der Waals surface area contributed by atoms with Crippen LogP contribution in [-0.4, -0.2) is 6.61 Å². The van der Waals surface area contributed by atoms with Crippen LogP contribution in [0.4, 0.5) is 17.6 Å². The minimum absolute atomic E-state index is 0.0410. The summed E-state index contributed by atoms with van der Waals surface area (Å²) >= 11 is 0. The Morgan fingerprint density at radius 3 is 2.17 bits per heavy atom. The topological polar surface area (TPSA) is 9.23 Å². The molecule has 2 aliphatic carbocycles. The number of hydrogen-bond donors (Lipinski definition) is 0. The van der Waals surface area contributed by atoms with Gasteiger partial charge in [-0.1, -0.05) is 31.9 Å². The number of ether oxygens (including phenoxy) is 1. The molecule has 2 fully saturated rings. The van der Waals surface area contributed by atoms with Crippen molar-refractivity contribution in [2.24, 2.45) is 17.8 Å². The summed E-state index contributed by atoms with van der Waals surface area (Å²) in [5.74, 6) is 1.22. The van der Waals surface area contributed by atoms with E-state index in [9.17, 15) is 17.6 Å². The Kier molecular flexibility index (Phi) is 6.35. The maximum Gasteiger partial charge on any atom is 0.387 e. The second-order valence-corrected chi connectivity index (χ2v) is 8.88. The predicted octanol–water partition coefficient (Wildman–Crippen LogP) is 7.94. The molecule has 2 saturated carbocycles. The number of halogens is 4. The van der Waals surface area contributed by atoms with Crippen LogP contribution in [0.3, 0.4) is 0 Å². The van der Waals surface area contributed by atoms with Gasteiger partial charge in [0.25, 0.3) is 0 Å². The first-order valence-corrected chi connectivity index (χ1v) is 11.0. The SMILES string of the molecule is CCC1CC[C@@H]2C[C@H](c3cc(F)c(-c4ccc(OC(F)F)cc4)c(F)c3)CC[C@@H]2C1. The molecule has 0 amide bonds. The molecule has 0 spiro atoms. The Hall–Kier alpha value is -2.04. The second kappa shape index (κ2) is 8.99. The summed E-state index contributed by atoms with van der Waals surface area (Å²) in [5.41, 5.74) is 0.918. The maximum atomic E-state index is 14.9. The lowest BCUT2D eigenvalue weighted by Gasteiger charge is -2.42. The summed E-state index contributed by atoms with van der Waals surface area (Å²) in [7, 11) is 0. The summed E-state index contributed by atoms with van der Waals surface area (Å²) < 4.78 is 58.7. The summed E-state index contributed by atoms with van der Waals surface area (Å²) in [6.07, 6.45) is 8.20. The summed E-state index contributed by atoms with van der Waals surface area (Å²) in [5, 5.41) is 0. The Morgan fingerprint density at radius 2 is 1.53 bits per heavy atom. The lowest BCUT2D eigenvalue weighted by molar-refractivity contribution is -0.0498. The van der Waals surface area contributed by atoms with E-state index < -0.39 is 18.2 Å². The molecule has 0 heterocycles. The predicted molar refractivity (Wildman–Crippen MR) is 110 cm³/mol. The van der Waals surface area contributed by atoms with Crippen LogP contribution in [0.2, 0.25) is 0 Å². The van der Waals surface area contributed by atoms with E-state index >= 15 is 0 Å². The molecule has 4 rings (SSSR count). The molecule has 1 nitrogen and oxygen atoms in total. The van der Waals surface area contributed by atoms with Gasteiger partial charge in [-0.15, -0.1) is 0 Å². The third-order valence-corrected chi connectivity index (χ3v) is 7.20. The molecule has 4 atom stereocenters. The summed E-state index contributed by atoms with van der Waals surface area (Å²) in [4.78, 5) is 0. The van der Waals surface area contributed by atoms with Crippen LogP contribution in [0.15, 0.2) is 36.4 Å². The van der Waals surface area contributed by atoms with Gasteiger partial charge >= 0.3 is 6.61 Å². The number of benzene rings is 2. The average molecular weight is 420 g/mol. The first kappa shape index (κ1) is 21.2. The lowest BCUT2D eigenvalue weighted by atomic mass is 9.63. The fraction of sp³-hybridized carbons (Fsp3) is 0.520. The molecule has 2 aromatic carbocycles. The summed E-state index contributed by atoms with van der Waals surface area (Å²) in [6.45, 7) is -0.668. The second-order valence-electron chi connectivity index (χ2n) is 8.88. The van der Waals surface area contributed by atoms with Gasteiger partial charge in [-0.05, 0) is 91.2 Å². The van der Waals surface area contributed by atoms with E-state index in [4.69, 9.17) is 0 Å². The lowest BCUT2D eigenvalue weighted by Crippen LogP contribution is -2.30. The van der Waals surface area contributed by atoms with Gasteiger partial charge in [-0.3, -0.25) is 0 Å². The van der Waals surface area contributed by atoms with Gasteiger partial charge in [0, 0.05) is 0 Å². The molecule has 0 aromatic heterocycles. The van der Waals surface area contributed by atoms with Gasteiger partial charge in [0.05, 0.1) is 5.56 Å². The van der Waals surface area contributed by atoms with E-state index in [1.807, 2.05) is 0 Å². The van der Waals surface area contributed by atoms with Crippen molar-refractivity contribution in [3.63, 3.8) is 0 Å². The van der Waals surface area contributed by atoms with Crippen molar-refractivity contribution in [3.8, 4) is 16.9 Å². The van der Waals surface area contributed by atoms with Crippen LogP contribution < -0.4 is 4.74 Å². The highest BCUT2D eigenvalue weighted by Crippen LogP contribution is 2.48. The fourth-order valence-corrected chi connectivity index (χ4v) is 5.57. The molecule has 0 aliphatic heterocycles. The van der Waals surface area contributed by atoms with Crippen molar-refractivity contribution in [1.29, 1.82) is 0 Å². The smallest absolute Gasteiger partial charge is 0.387 e. The highest BCUT2D eigenvalue weighted by Gasteiger charge is 2.35. The third-order valence-electron chi connectivity index (χ3n) is 7.20. The maximum absolute atomic E-state index is 14.9. The zero-order valence-electron chi connectivity index (χ0n) is 17.2. The minimum Gasteiger partial charge on any atom is -0.435 e. The zero-order valence-corrected chi connectivity index (χ0v) is 17.2. The van der Waals surface area contributed by atoms with Gasteiger partial charge in [-0.2, -0.15) is 8.78 Å². The Balaban J connectivity index is 1.51. The van der Waals surface area contributed by atoms with Gasteiger partial charge in [0.15, 0.2) is 0 Å². The van der Waals surface area contributed by atoms with E-state index in [1.54, 1.807) is 0 Å². The number of fused-ring (bicyclic) bond motifs is 1. The molecule has 0 radical (unpaired) electrons. The Labute approximate surface area is 175 Å². The van der Waals surface area contributed by atoms with E-state index in [-0.39, 0.29) is 17.2 Å². The van der Waals surface area contributed by atoms with E-state index in [0.717, 1.165) is 36.7 Å². The number of hydrogen-bond acceptors (Lipinski definition) is 1. The van der Waals surface area contributed by atoms with E-state index in [2.05, 4.69) is 11.7 Å². The molecule has 0 bridgehead atoms. The fourth-order valence-electron chi connectivity index (χ4n) is 5.57. The normalized spacial score (nSPS) is 26.5. The largest absolute Gasteiger partial charge is 0.435 e. The van der Waals surface area contributed by atoms with Crippen LogP contribution in [0.25, 0.3) is 11.1 Å². The molecule has 0 N–H and O–H groups in total. The number of alkyl halides is 2. The Bertz CT molecular complexity index is 841. The van der Waals surface area contributed by atoms with Gasteiger partial charge in [-0.25, -0.2) is 8.78 Å². The van der Waals surface area contributed by atoms with Gasteiger partial charge in [0.1, 0.15) is 17.4 Å². The van der Waals surface area contributed by atoms with Gasteiger partial charge < -0.3 is 4.74 Å². The molecular weight excluding hydrogens is 392 g/mol. The molecular formula is C25H28F4O. The summed E-state index contributed by atoms with van der Waals surface area (Å²) in [6, 6.07) is 8.31. The van der Waals surface area contributed by atoms with Crippen molar-refractivity contribution in [2.45, 2.75) is 64.4 Å². The average Bonchev–Trinajstić information content (AvgIpc) is 2.73. The van der Waals surface area contributed by atoms with Crippen LogP contribution in [0.5, 0.6) is 5.75 Å². The van der Waals surface area contributed by atoms with Crippen molar-refractivity contribution < 1.29 is 22.3 Å². The molecule has 1 unspecified atom stereocenters. The minimum atomic E-state index is -2.93. The molecule has 162 valence electrons. The van der Waals surface area contributed by atoms with Crippen molar-refractivity contribution in [2.75, 3.05) is 0 Å². The van der Waals surface area contributed by atoms with Crippen LogP contribution >= 0.6 is 0 Å². The molecule has 30 heavy (non-hydrogen) atoms. The van der Waals surface area contributed by atoms with Crippen molar-refractivity contribution in [1.82, 2.24) is 0 Å². The molecule has 5 heteroatoms. The van der Waals surface area contributed by atoms with Crippen LogP contribution in [0.1, 0.15) is 63.4 Å². The Morgan fingerprint density at radius 1 is 0.900 bits per heavy atom. The number of rotatable bonds is 5. The quantitative estimate of drug-likeness (QED) is 0.446. The standard InChI is InChI=1S/C25H28F4O/c1-2-15-3-4-18-12-19(6-5-17(18)11-15)20-13-22(26)24(23(27)14-20)16-7-9-21(10-8-16)30-25(28)29/h7-10,13-15,17-19,25H,2-6,11-12H2,1H3/t15?,17-,18-,19-/m1/s1. The van der Waals surface area contributed by atoms with Crippen molar-refractivity contribution >= 4 is 0 Å². The third kappa shape index (κ3) is 4.50. The zero-order chi connectivity index (χ0) is 21.3. The van der Waals surface area contributed by atoms with Crippen LogP contribution in [0, 0.1) is 29.4 Å². The first-order valence-electron chi connectivity index (χ1n) is 11.0. The first-order chi connectivity index (χ1) is 14.4. The monoisotopic (exact) mass is 420 g/mol. The highest BCUT2D eigenvalue weighted by atomic mass is 19.3. The molecule has 2 aliphatic rings. The van der Waals surface area contributed by atoms with E-state index in [0.29, 0.717) is 11.5 Å². The van der Waals surface area contributed by atoms with Gasteiger partial charge in [0.2, 0.25) is 0 Å². The van der Waals surface area contributed by atoms with Crippen molar-refractivity contribution in [3.05, 3.63) is 53.6 Å².